The molecule has 6 nitrogen and oxygen atoms in total. The summed E-state index contributed by atoms with van der Waals surface area (Å²) < 4.78 is 10.4. The molecule has 0 amide bonds. The predicted octanol–water partition coefficient (Wildman–Crippen LogP) is 6.92. The van der Waals surface area contributed by atoms with E-state index in [-0.39, 0.29) is 17.1 Å². The van der Waals surface area contributed by atoms with Crippen LogP contribution in [0.4, 0.5) is 0 Å². The summed E-state index contributed by atoms with van der Waals surface area (Å²) in [6.07, 6.45) is 2.90. The zero-order valence-corrected chi connectivity index (χ0v) is 23.5. The van der Waals surface area contributed by atoms with Crippen LogP contribution in [0.1, 0.15) is 63.8 Å². The molecule has 1 atom stereocenters. The largest absolute Gasteiger partial charge is 0.491 e. The minimum absolute atomic E-state index is 0.181. The Morgan fingerprint density at radius 2 is 1.81 bits per heavy atom. The van der Waals surface area contributed by atoms with Crippen molar-refractivity contribution < 1.29 is 4.74 Å². The van der Waals surface area contributed by atoms with Gasteiger partial charge in [-0.2, -0.15) is 9.78 Å². The molecular formula is C29H33BrN4O2. The number of benzene rings is 2. The zero-order valence-electron chi connectivity index (χ0n) is 22.0. The highest BCUT2D eigenvalue weighted by molar-refractivity contribution is 9.10. The predicted molar refractivity (Wildman–Crippen MR) is 151 cm³/mol. The molecular weight excluding hydrogens is 516 g/mol. The van der Waals surface area contributed by atoms with E-state index < -0.39 is 0 Å². The van der Waals surface area contributed by atoms with Crippen LogP contribution in [0.3, 0.4) is 0 Å². The van der Waals surface area contributed by atoms with Crippen molar-refractivity contribution in [3.63, 3.8) is 0 Å². The minimum atomic E-state index is -0.367. The highest BCUT2D eigenvalue weighted by Gasteiger charge is 2.23. The number of nitrogens with zero attached hydrogens (tertiary/aromatic N) is 4. The topological polar surface area (TPSA) is 61.4 Å². The summed E-state index contributed by atoms with van der Waals surface area (Å²) in [4.78, 5) is 18.2. The number of ether oxygens (including phenoxy) is 1. The minimum Gasteiger partial charge on any atom is -0.491 e. The number of aromatic nitrogens is 3. The van der Waals surface area contributed by atoms with Crippen LogP contribution >= 0.6 is 15.9 Å². The maximum absolute atomic E-state index is 13.4. The molecule has 0 saturated heterocycles. The summed E-state index contributed by atoms with van der Waals surface area (Å²) in [7, 11) is 0. The van der Waals surface area contributed by atoms with Crippen LogP contribution in [0.15, 0.2) is 62.9 Å². The molecule has 0 aliphatic rings. The Labute approximate surface area is 220 Å². The quantitative estimate of drug-likeness (QED) is 0.245. The van der Waals surface area contributed by atoms with Crippen LogP contribution in [0, 0.1) is 13.8 Å². The van der Waals surface area contributed by atoms with Crippen molar-refractivity contribution in [1.82, 2.24) is 14.2 Å². The maximum Gasteiger partial charge on any atom is 0.282 e. The normalized spacial score (nSPS) is 13.0. The summed E-state index contributed by atoms with van der Waals surface area (Å²) in [5.74, 6) is 1.48. The fourth-order valence-electron chi connectivity index (χ4n) is 4.17. The molecule has 36 heavy (non-hydrogen) atoms. The standard InChI is InChI=1S/C29H33BrN4O2/c1-8-19(3)36-24-12-10-23(11-13-24)33-18(2)15-21(20(33)4)17-31-34-27(35)25-16-22(30)9-14-26(25)32-28(34)29(5,6)7/h9-17,19H,8H2,1-7H3/t19-/m0/s1. The van der Waals surface area contributed by atoms with Crippen LogP contribution in [-0.4, -0.2) is 26.5 Å². The third kappa shape index (κ3) is 5.16. The molecule has 0 bridgehead atoms. The first-order valence-corrected chi connectivity index (χ1v) is 13.0. The SMILES string of the molecule is CC[C@H](C)Oc1ccc(-n2c(C)cc(C=Nn3c(C(C)(C)C)nc4ccc(Br)cc4c3=O)c2C)cc1. The van der Waals surface area contributed by atoms with E-state index in [1.807, 2.05) is 45.0 Å². The monoisotopic (exact) mass is 548 g/mol. The fraction of sp³-hybridized carbons (Fsp3) is 0.345. The molecule has 7 heteroatoms. The molecule has 2 aromatic heterocycles. The second-order valence-corrected chi connectivity index (χ2v) is 11.1. The summed E-state index contributed by atoms with van der Waals surface area (Å²) in [6, 6.07) is 15.8. The lowest BCUT2D eigenvalue weighted by molar-refractivity contribution is 0.217. The van der Waals surface area contributed by atoms with Crippen LogP contribution in [0.25, 0.3) is 16.6 Å². The van der Waals surface area contributed by atoms with Gasteiger partial charge in [-0.15, -0.1) is 0 Å². The average molecular weight is 550 g/mol. The molecule has 0 radical (unpaired) electrons. The van der Waals surface area contributed by atoms with E-state index in [0.29, 0.717) is 16.7 Å². The van der Waals surface area contributed by atoms with Crippen molar-refractivity contribution in [2.75, 3.05) is 0 Å². The Bertz CT molecular complexity index is 1490. The molecule has 4 aromatic rings. The Morgan fingerprint density at radius 1 is 1.11 bits per heavy atom. The van der Waals surface area contributed by atoms with Gasteiger partial charge in [0.15, 0.2) is 0 Å². The lowest BCUT2D eigenvalue weighted by atomic mass is 9.95. The molecule has 2 aromatic carbocycles. The molecule has 0 saturated carbocycles. The van der Waals surface area contributed by atoms with Gasteiger partial charge >= 0.3 is 0 Å². The Morgan fingerprint density at radius 3 is 2.44 bits per heavy atom. The first-order valence-electron chi connectivity index (χ1n) is 12.2. The van der Waals surface area contributed by atoms with Gasteiger partial charge in [-0.25, -0.2) is 4.98 Å². The van der Waals surface area contributed by atoms with Crippen molar-refractivity contribution >= 4 is 33.0 Å². The van der Waals surface area contributed by atoms with Gasteiger partial charge in [0.25, 0.3) is 5.56 Å². The smallest absolute Gasteiger partial charge is 0.282 e. The van der Waals surface area contributed by atoms with E-state index in [1.54, 1.807) is 12.3 Å². The second kappa shape index (κ2) is 10.1. The number of fused-ring (bicyclic) bond motifs is 1. The molecule has 0 fully saturated rings. The number of hydrogen-bond acceptors (Lipinski definition) is 4. The van der Waals surface area contributed by atoms with E-state index in [1.165, 1.54) is 4.68 Å². The van der Waals surface area contributed by atoms with Crippen LogP contribution in [-0.2, 0) is 5.41 Å². The third-order valence-corrected chi connectivity index (χ3v) is 6.76. The van der Waals surface area contributed by atoms with Crippen LogP contribution in [0.2, 0.25) is 0 Å². The number of aryl methyl sites for hydroxylation is 1. The molecule has 188 valence electrons. The van der Waals surface area contributed by atoms with Crippen molar-refractivity contribution in [2.24, 2.45) is 5.10 Å². The van der Waals surface area contributed by atoms with Crippen molar-refractivity contribution in [3.8, 4) is 11.4 Å². The fourth-order valence-corrected chi connectivity index (χ4v) is 4.53. The Kier molecular flexibility index (Phi) is 7.23. The summed E-state index contributed by atoms with van der Waals surface area (Å²) in [5.41, 5.74) is 4.21. The summed E-state index contributed by atoms with van der Waals surface area (Å²) >= 11 is 3.46. The molecule has 0 spiro atoms. The van der Waals surface area contributed by atoms with Crippen molar-refractivity contribution in [1.29, 1.82) is 0 Å². The van der Waals surface area contributed by atoms with Gasteiger partial charge in [0, 0.05) is 32.5 Å². The zero-order chi connectivity index (χ0) is 26.2. The lowest BCUT2D eigenvalue weighted by Gasteiger charge is -2.20. The van der Waals surface area contributed by atoms with Gasteiger partial charge in [-0.1, -0.05) is 43.6 Å². The van der Waals surface area contributed by atoms with E-state index in [0.717, 1.165) is 39.3 Å². The van der Waals surface area contributed by atoms with Gasteiger partial charge in [0.05, 0.1) is 23.2 Å². The second-order valence-electron chi connectivity index (χ2n) is 10.2. The maximum atomic E-state index is 13.4. The van der Waals surface area contributed by atoms with Gasteiger partial charge in [-0.05, 0) is 75.7 Å². The van der Waals surface area contributed by atoms with Gasteiger partial charge in [-0.3, -0.25) is 4.79 Å². The molecule has 0 unspecified atom stereocenters. The first-order chi connectivity index (χ1) is 17.0. The number of halogens is 1. The van der Waals surface area contributed by atoms with Crippen LogP contribution < -0.4 is 10.3 Å². The van der Waals surface area contributed by atoms with E-state index >= 15 is 0 Å². The Balaban J connectivity index is 1.75. The molecule has 0 N–H and O–H groups in total. The van der Waals surface area contributed by atoms with Gasteiger partial charge < -0.3 is 9.30 Å². The van der Waals surface area contributed by atoms with Crippen LogP contribution in [0.5, 0.6) is 5.75 Å². The van der Waals surface area contributed by atoms with E-state index in [9.17, 15) is 4.79 Å². The number of hydrogen-bond donors (Lipinski definition) is 0. The van der Waals surface area contributed by atoms with E-state index in [4.69, 9.17) is 9.72 Å². The Hall–Kier alpha value is -3.19. The van der Waals surface area contributed by atoms with Crippen molar-refractivity contribution in [3.05, 3.63) is 86.1 Å². The molecule has 2 heterocycles. The molecule has 0 aliphatic heterocycles. The first kappa shape index (κ1) is 25.9. The molecule has 0 aliphatic carbocycles. The molecule has 4 rings (SSSR count). The van der Waals surface area contributed by atoms with E-state index in [2.05, 4.69) is 71.5 Å². The highest BCUT2D eigenvalue weighted by atomic mass is 79.9. The highest BCUT2D eigenvalue weighted by Crippen LogP contribution is 2.25. The average Bonchev–Trinajstić information content (AvgIpc) is 3.11. The summed E-state index contributed by atoms with van der Waals surface area (Å²) in [6.45, 7) is 14.4. The van der Waals surface area contributed by atoms with Crippen molar-refractivity contribution in [2.45, 2.75) is 66.4 Å². The third-order valence-electron chi connectivity index (χ3n) is 6.27. The summed E-state index contributed by atoms with van der Waals surface area (Å²) in [5, 5.41) is 5.18. The number of rotatable bonds is 6. The van der Waals surface area contributed by atoms with Gasteiger partial charge in [0.1, 0.15) is 11.6 Å². The van der Waals surface area contributed by atoms with Gasteiger partial charge in [0.2, 0.25) is 0 Å². The lowest BCUT2D eigenvalue weighted by Crippen LogP contribution is -2.29.